The minimum Gasteiger partial charge on any atom is -0.353 e. The van der Waals surface area contributed by atoms with Gasteiger partial charge in [0.15, 0.2) is 12.1 Å². The Kier molecular flexibility index (Phi) is 2.49. The molecule has 0 radical (unpaired) electrons. The van der Waals surface area contributed by atoms with Gasteiger partial charge in [0.1, 0.15) is 18.3 Å². The smallest absolute Gasteiger partial charge is 0.186 e. The molecule has 0 amide bonds. The van der Waals surface area contributed by atoms with Gasteiger partial charge in [0, 0.05) is 26.7 Å². The monoisotopic (exact) mass is 229 g/mol. The van der Waals surface area contributed by atoms with Gasteiger partial charge in [-0.2, -0.15) is 0 Å². The number of hydrogen-bond acceptors (Lipinski definition) is 5. The molecule has 16 heavy (non-hydrogen) atoms. The molecular formula is C11H19NO4. The number of rotatable bonds is 3. The van der Waals surface area contributed by atoms with Crippen LogP contribution in [0.5, 0.6) is 0 Å². The van der Waals surface area contributed by atoms with Crippen molar-refractivity contribution in [2.24, 2.45) is 0 Å². The molecule has 3 heterocycles. The Bertz CT molecular complexity index is 279. The van der Waals surface area contributed by atoms with Crippen molar-refractivity contribution in [3.05, 3.63) is 0 Å². The summed E-state index contributed by atoms with van der Waals surface area (Å²) in [4.78, 5) is 2.33. The van der Waals surface area contributed by atoms with Crippen molar-refractivity contribution in [3.8, 4) is 0 Å². The van der Waals surface area contributed by atoms with Crippen LogP contribution in [0, 0.1) is 0 Å². The molecule has 0 aromatic rings. The zero-order valence-electron chi connectivity index (χ0n) is 10.0. The Labute approximate surface area is 95.6 Å². The van der Waals surface area contributed by atoms with E-state index in [1.807, 2.05) is 13.8 Å². The van der Waals surface area contributed by atoms with E-state index in [0.717, 1.165) is 6.54 Å². The van der Waals surface area contributed by atoms with Crippen molar-refractivity contribution in [2.45, 2.75) is 44.2 Å². The molecule has 4 atom stereocenters. The van der Waals surface area contributed by atoms with Crippen LogP contribution in [0.2, 0.25) is 0 Å². The van der Waals surface area contributed by atoms with Gasteiger partial charge in [0.05, 0.1) is 0 Å². The van der Waals surface area contributed by atoms with Crippen molar-refractivity contribution in [1.29, 1.82) is 0 Å². The third-order valence-corrected chi connectivity index (χ3v) is 3.32. The van der Waals surface area contributed by atoms with Crippen LogP contribution in [0.3, 0.4) is 0 Å². The highest BCUT2D eigenvalue weighted by atomic mass is 16.8. The van der Waals surface area contributed by atoms with Crippen LogP contribution in [0.25, 0.3) is 0 Å². The van der Waals surface area contributed by atoms with Crippen molar-refractivity contribution in [3.63, 3.8) is 0 Å². The van der Waals surface area contributed by atoms with Crippen LogP contribution in [-0.2, 0) is 18.9 Å². The number of methoxy groups -OCH3 is 1. The van der Waals surface area contributed by atoms with Crippen LogP contribution in [0.4, 0.5) is 0 Å². The lowest BCUT2D eigenvalue weighted by atomic mass is 10.1. The summed E-state index contributed by atoms with van der Waals surface area (Å²) in [6.07, 6.45) is -0.318. The highest BCUT2D eigenvalue weighted by molar-refractivity contribution is 4.97. The van der Waals surface area contributed by atoms with Gasteiger partial charge in [-0.15, -0.1) is 0 Å². The van der Waals surface area contributed by atoms with Crippen molar-refractivity contribution in [1.82, 2.24) is 4.90 Å². The minimum absolute atomic E-state index is 0.000509. The summed E-state index contributed by atoms with van der Waals surface area (Å²) >= 11 is 0. The number of ether oxygens (including phenoxy) is 4. The van der Waals surface area contributed by atoms with Gasteiger partial charge in [-0.05, 0) is 13.8 Å². The predicted molar refractivity (Wildman–Crippen MR) is 55.9 cm³/mol. The summed E-state index contributed by atoms with van der Waals surface area (Å²) in [5, 5.41) is 0. The van der Waals surface area contributed by atoms with E-state index in [4.69, 9.17) is 18.9 Å². The molecule has 3 rings (SSSR count). The fraction of sp³-hybridized carbons (Fsp3) is 1.00. The fourth-order valence-electron chi connectivity index (χ4n) is 2.49. The van der Waals surface area contributed by atoms with Crippen LogP contribution in [-0.4, -0.2) is 62.0 Å². The number of hydrogen-bond donors (Lipinski definition) is 0. The van der Waals surface area contributed by atoms with E-state index in [2.05, 4.69) is 4.90 Å². The zero-order chi connectivity index (χ0) is 11.3. The number of fused-ring (bicyclic) bond motifs is 1. The average molecular weight is 229 g/mol. The molecule has 0 spiro atoms. The van der Waals surface area contributed by atoms with Crippen molar-refractivity contribution in [2.75, 3.05) is 26.7 Å². The number of nitrogens with zero attached hydrogens (tertiary/aromatic N) is 1. The molecule has 5 nitrogen and oxygen atoms in total. The molecule has 0 N–H and O–H groups in total. The Morgan fingerprint density at radius 1 is 1.25 bits per heavy atom. The first kappa shape index (κ1) is 10.9. The van der Waals surface area contributed by atoms with Gasteiger partial charge in [0.2, 0.25) is 0 Å². The fourth-order valence-corrected chi connectivity index (χ4v) is 2.49. The third kappa shape index (κ3) is 1.87. The highest BCUT2D eigenvalue weighted by Crippen LogP contribution is 2.39. The van der Waals surface area contributed by atoms with Crippen LogP contribution < -0.4 is 0 Å². The average Bonchev–Trinajstić information content (AvgIpc) is 2.89. The van der Waals surface area contributed by atoms with Crippen molar-refractivity contribution < 1.29 is 18.9 Å². The molecule has 0 bridgehead atoms. The lowest BCUT2D eigenvalue weighted by molar-refractivity contribution is -0.227. The van der Waals surface area contributed by atoms with E-state index < -0.39 is 5.79 Å². The van der Waals surface area contributed by atoms with Crippen LogP contribution >= 0.6 is 0 Å². The molecule has 3 aliphatic heterocycles. The Hall–Kier alpha value is -0.200. The maximum Gasteiger partial charge on any atom is 0.186 e. The normalized spacial score (nSPS) is 45.9. The second kappa shape index (κ2) is 3.65. The largest absolute Gasteiger partial charge is 0.353 e. The first-order valence-corrected chi connectivity index (χ1v) is 5.85. The summed E-state index contributed by atoms with van der Waals surface area (Å²) < 4.78 is 22.8. The lowest BCUT2D eigenvalue weighted by Gasteiger charge is -2.23. The maximum absolute atomic E-state index is 5.89. The Morgan fingerprint density at radius 3 is 2.56 bits per heavy atom. The third-order valence-electron chi connectivity index (χ3n) is 3.32. The maximum atomic E-state index is 5.89. The molecule has 3 saturated heterocycles. The minimum atomic E-state index is -0.521. The van der Waals surface area contributed by atoms with Gasteiger partial charge < -0.3 is 18.9 Å². The molecule has 0 aromatic carbocycles. The molecule has 5 heteroatoms. The van der Waals surface area contributed by atoms with Crippen molar-refractivity contribution >= 4 is 0 Å². The predicted octanol–water partition coefficient (Wildman–Crippen LogP) is 0.193. The summed E-state index contributed by atoms with van der Waals surface area (Å²) in [5.41, 5.74) is 0. The molecule has 0 saturated carbocycles. The van der Waals surface area contributed by atoms with Gasteiger partial charge in [0.25, 0.3) is 0 Å². The van der Waals surface area contributed by atoms with E-state index in [9.17, 15) is 0 Å². The molecule has 92 valence electrons. The van der Waals surface area contributed by atoms with E-state index >= 15 is 0 Å². The van der Waals surface area contributed by atoms with Gasteiger partial charge in [-0.3, -0.25) is 4.90 Å². The van der Waals surface area contributed by atoms with Crippen LogP contribution in [0.15, 0.2) is 0 Å². The zero-order valence-corrected chi connectivity index (χ0v) is 10.0. The summed E-state index contributed by atoms with van der Waals surface area (Å²) in [6, 6.07) is 0. The summed E-state index contributed by atoms with van der Waals surface area (Å²) in [5.74, 6) is -0.521. The van der Waals surface area contributed by atoms with Crippen LogP contribution in [0.1, 0.15) is 13.8 Å². The molecular weight excluding hydrogens is 210 g/mol. The lowest BCUT2D eigenvalue weighted by Crippen LogP contribution is -2.34. The molecule has 3 aliphatic rings. The van der Waals surface area contributed by atoms with Gasteiger partial charge in [-0.1, -0.05) is 0 Å². The van der Waals surface area contributed by atoms with Gasteiger partial charge >= 0.3 is 0 Å². The second-order valence-corrected chi connectivity index (χ2v) is 5.14. The van der Waals surface area contributed by atoms with E-state index in [1.54, 1.807) is 7.11 Å². The van der Waals surface area contributed by atoms with E-state index in [-0.39, 0.29) is 24.6 Å². The standard InChI is InChI=1S/C11H19NO4/c1-11(2)15-8-7(6-12-4-5-12)14-10(13-3)9(8)16-11/h7-10H,4-6H2,1-3H3/t7-,8-,9-,10+/m1/s1. The first-order chi connectivity index (χ1) is 7.59. The van der Waals surface area contributed by atoms with E-state index in [0.29, 0.717) is 0 Å². The molecule has 0 aliphatic carbocycles. The topological polar surface area (TPSA) is 39.9 Å². The second-order valence-electron chi connectivity index (χ2n) is 5.14. The Morgan fingerprint density at radius 2 is 1.94 bits per heavy atom. The first-order valence-electron chi connectivity index (χ1n) is 5.85. The molecule has 3 fully saturated rings. The van der Waals surface area contributed by atoms with E-state index in [1.165, 1.54) is 13.1 Å². The summed E-state index contributed by atoms with van der Waals surface area (Å²) in [7, 11) is 1.65. The quantitative estimate of drug-likeness (QED) is 0.646. The SMILES string of the molecule is CO[C@H]1O[C@H](CN2CC2)[C@H]2OC(C)(C)O[C@@H]12. The Balaban J connectivity index is 1.72. The van der Waals surface area contributed by atoms with Gasteiger partial charge in [-0.25, -0.2) is 0 Å². The summed E-state index contributed by atoms with van der Waals surface area (Å²) in [6.45, 7) is 7.12. The molecule has 0 unspecified atom stereocenters. The highest BCUT2D eigenvalue weighted by Gasteiger charge is 2.56. The molecule has 0 aromatic heterocycles.